The summed E-state index contributed by atoms with van der Waals surface area (Å²) in [4.78, 5) is 31.4. The number of terminal acetylenes is 1. The van der Waals surface area contributed by atoms with Crippen LogP contribution in [0.1, 0.15) is 57.0 Å². The number of fused-ring (bicyclic) bond motifs is 1. The fourth-order valence-electron chi connectivity index (χ4n) is 7.48. The number of aromatic nitrogens is 4. The zero-order chi connectivity index (χ0) is 44.6. The second-order valence-electron chi connectivity index (χ2n) is 15.2. The van der Waals surface area contributed by atoms with Crippen LogP contribution in [-0.2, 0) is 24.1 Å². The Balaban J connectivity index is 1.53. The van der Waals surface area contributed by atoms with E-state index < -0.39 is 44.0 Å². The Hall–Kier alpha value is -5.16. The number of ether oxygens (including phenoxy) is 4. The van der Waals surface area contributed by atoms with E-state index in [0.717, 1.165) is 16.7 Å². The third kappa shape index (κ3) is 9.88. The van der Waals surface area contributed by atoms with Crippen molar-refractivity contribution in [3.8, 4) is 29.9 Å². The molecule has 1 unspecified atom stereocenters. The van der Waals surface area contributed by atoms with Crippen molar-refractivity contribution in [2.24, 2.45) is 10.9 Å². The van der Waals surface area contributed by atoms with Gasteiger partial charge in [0.2, 0.25) is 5.95 Å². The van der Waals surface area contributed by atoms with Gasteiger partial charge in [-0.05, 0) is 84.6 Å². The maximum absolute atomic E-state index is 13.4. The first-order valence-corrected chi connectivity index (χ1v) is 22.0. The second-order valence-corrected chi connectivity index (χ2v) is 17.3. The normalized spacial score (nSPS) is 18.4. The van der Waals surface area contributed by atoms with E-state index in [-0.39, 0.29) is 53.6 Å². The fraction of sp³-hybridized carbons (Fsp3) is 0.400. The standard InChI is InChI=1S/C45H52BrN8O7P/c1-10-36-39(61-62(59-26-14-25-47)54(29(2)3)30(4)5)37(60-42(36)53-40-38(49-43(53)46)41(55)51-44(50-40)48-28-52(6)7)27-58-45(31-15-12-11-13-16-31,32-17-21-34(56-8)22-18-32)33-19-23-35(57-9)24-20-33/h1,11-13,15-24,28-30,36-37,39,42H,14,26-27H2,2-9H3,(H,50,51,55)/b48-28+/t36-,37+,39-,42+,62?/m0/s1. The summed E-state index contributed by atoms with van der Waals surface area (Å²) in [6, 6.07) is 27.6. The molecule has 0 radical (unpaired) electrons. The number of nitrogens with zero attached hydrogens (tertiary/aromatic N) is 7. The molecule has 1 fully saturated rings. The number of imidazole rings is 1. The van der Waals surface area contributed by atoms with E-state index in [0.29, 0.717) is 11.5 Å². The number of rotatable bonds is 19. The van der Waals surface area contributed by atoms with Crippen molar-refractivity contribution in [1.29, 1.82) is 5.26 Å². The van der Waals surface area contributed by atoms with E-state index in [1.54, 1.807) is 23.7 Å². The van der Waals surface area contributed by atoms with Crippen LogP contribution in [0, 0.1) is 29.6 Å². The summed E-state index contributed by atoms with van der Waals surface area (Å²) in [5.41, 5.74) is 1.05. The first kappa shape index (κ1) is 46.3. The summed E-state index contributed by atoms with van der Waals surface area (Å²) in [5.74, 6) is 3.60. The van der Waals surface area contributed by atoms with Gasteiger partial charge in [-0.15, -0.1) is 6.42 Å². The molecule has 3 aromatic carbocycles. The quantitative estimate of drug-likeness (QED) is 0.0162. The second kappa shape index (κ2) is 20.8. The predicted molar refractivity (Wildman–Crippen MR) is 242 cm³/mol. The van der Waals surface area contributed by atoms with E-state index >= 15 is 0 Å². The van der Waals surface area contributed by atoms with E-state index in [4.69, 9.17) is 39.4 Å². The highest BCUT2D eigenvalue weighted by Crippen LogP contribution is 2.52. The molecule has 0 spiro atoms. The summed E-state index contributed by atoms with van der Waals surface area (Å²) in [6.07, 6.45) is 5.52. The van der Waals surface area contributed by atoms with Crippen molar-refractivity contribution < 1.29 is 28.0 Å². The van der Waals surface area contributed by atoms with Gasteiger partial charge in [-0.1, -0.05) is 60.5 Å². The molecular formula is C45H52BrN8O7P. The van der Waals surface area contributed by atoms with Crippen LogP contribution in [0.4, 0.5) is 5.95 Å². The van der Waals surface area contributed by atoms with Crippen molar-refractivity contribution >= 4 is 47.9 Å². The van der Waals surface area contributed by atoms with Gasteiger partial charge in [0.05, 0.1) is 52.2 Å². The van der Waals surface area contributed by atoms with E-state index in [2.05, 4.69) is 75.2 Å². The van der Waals surface area contributed by atoms with Crippen LogP contribution in [0.25, 0.3) is 11.2 Å². The van der Waals surface area contributed by atoms with Crippen LogP contribution >= 0.6 is 24.5 Å². The van der Waals surface area contributed by atoms with Crippen molar-refractivity contribution in [2.45, 2.75) is 70.2 Å². The number of hydrogen-bond acceptors (Lipinski definition) is 12. The highest BCUT2D eigenvalue weighted by Gasteiger charge is 2.51. The van der Waals surface area contributed by atoms with Gasteiger partial charge in [0.1, 0.15) is 29.3 Å². The van der Waals surface area contributed by atoms with Gasteiger partial charge in [0, 0.05) is 26.2 Å². The molecule has 2 aromatic heterocycles. The Morgan fingerprint density at radius 3 is 2.11 bits per heavy atom. The highest BCUT2D eigenvalue weighted by atomic mass is 79.9. The number of H-pyrrole nitrogens is 1. The topological polar surface area (TPSA) is 162 Å². The average molecular weight is 928 g/mol. The molecule has 17 heteroatoms. The number of aromatic amines is 1. The number of benzene rings is 3. The number of hydrogen-bond donors (Lipinski definition) is 1. The lowest BCUT2D eigenvalue weighted by atomic mass is 9.80. The number of halogens is 1. The van der Waals surface area contributed by atoms with Crippen molar-refractivity contribution in [2.75, 3.05) is 41.5 Å². The summed E-state index contributed by atoms with van der Waals surface area (Å²) >= 11 is 3.59. The molecule has 1 N–H and O–H groups in total. The monoisotopic (exact) mass is 926 g/mol. The van der Waals surface area contributed by atoms with E-state index in [9.17, 15) is 10.1 Å². The third-order valence-electron chi connectivity index (χ3n) is 10.2. The fourth-order valence-corrected chi connectivity index (χ4v) is 9.81. The van der Waals surface area contributed by atoms with Gasteiger partial charge >= 0.3 is 0 Å². The first-order chi connectivity index (χ1) is 29.9. The van der Waals surface area contributed by atoms with E-state index in [1.807, 2.05) is 93.0 Å². The summed E-state index contributed by atoms with van der Waals surface area (Å²) in [5, 5.41) is 9.47. The maximum atomic E-state index is 13.4. The molecule has 5 atom stereocenters. The summed E-state index contributed by atoms with van der Waals surface area (Å²) in [7, 11) is 5.05. The van der Waals surface area contributed by atoms with Crippen LogP contribution in [0.2, 0.25) is 0 Å². The van der Waals surface area contributed by atoms with Crippen LogP contribution < -0.4 is 15.0 Å². The lowest BCUT2D eigenvalue weighted by molar-refractivity contribution is -0.0918. The lowest BCUT2D eigenvalue weighted by Gasteiger charge is -2.39. The Morgan fingerprint density at radius 2 is 1.58 bits per heavy atom. The molecule has 0 amide bonds. The molecule has 1 aliphatic heterocycles. The number of nitriles is 1. The molecule has 6 rings (SSSR count). The molecular weight excluding hydrogens is 875 g/mol. The molecule has 3 heterocycles. The molecule has 0 aliphatic carbocycles. The van der Waals surface area contributed by atoms with Crippen LogP contribution in [0.5, 0.6) is 11.5 Å². The van der Waals surface area contributed by atoms with Crippen molar-refractivity contribution in [3.63, 3.8) is 0 Å². The number of nitrogens with one attached hydrogen (secondary N) is 1. The maximum Gasteiger partial charge on any atom is 0.280 e. The van der Waals surface area contributed by atoms with Gasteiger partial charge in [0.25, 0.3) is 14.1 Å². The first-order valence-electron chi connectivity index (χ1n) is 20.1. The predicted octanol–water partition coefficient (Wildman–Crippen LogP) is 7.94. The van der Waals surface area contributed by atoms with Gasteiger partial charge in [-0.3, -0.25) is 14.3 Å². The third-order valence-corrected chi connectivity index (χ3v) is 12.9. The minimum atomic E-state index is -1.81. The van der Waals surface area contributed by atoms with Crippen LogP contribution in [-0.4, -0.2) is 101 Å². The largest absolute Gasteiger partial charge is 0.497 e. The molecule has 1 aliphatic rings. The Kier molecular flexibility index (Phi) is 15.6. The molecule has 0 bridgehead atoms. The van der Waals surface area contributed by atoms with Crippen LogP contribution in [0.3, 0.4) is 0 Å². The molecule has 326 valence electrons. The van der Waals surface area contributed by atoms with Gasteiger partial charge < -0.3 is 32.9 Å². The number of aliphatic imine (C=N–C) groups is 1. The molecule has 1 saturated heterocycles. The minimum absolute atomic E-state index is 0.0000197. The summed E-state index contributed by atoms with van der Waals surface area (Å²) in [6.45, 7) is 8.34. The molecule has 62 heavy (non-hydrogen) atoms. The Labute approximate surface area is 372 Å². The Morgan fingerprint density at radius 1 is 0.984 bits per heavy atom. The molecule has 5 aromatic rings. The average Bonchev–Trinajstić information content (AvgIpc) is 3.78. The Bertz CT molecular complexity index is 2380. The minimum Gasteiger partial charge on any atom is -0.497 e. The van der Waals surface area contributed by atoms with Crippen molar-refractivity contribution in [1.82, 2.24) is 29.1 Å². The smallest absolute Gasteiger partial charge is 0.280 e. The molecule has 0 saturated carbocycles. The lowest BCUT2D eigenvalue weighted by Crippen LogP contribution is -2.41. The summed E-state index contributed by atoms with van der Waals surface area (Å²) < 4.78 is 43.1. The van der Waals surface area contributed by atoms with Gasteiger partial charge in [-0.25, -0.2) is 14.6 Å². The number of methoxy groups -OCH3 is 2. The highest BCUT2D eigenvalue weighted by molar-refractivity contribution is 9.10. The zero-order valence-electron chi connectivity index (χ0n) is 36.1. The van der Waals surface area contributed by atoms with Gasteiger partial charge in [-0.2, -0.15) is 10.2 Å². The molecule has 15 nitrogen and oxygen atoms in total. The van der Waals surface area contributed by atoms with Crippen LogP contribution in [0.15, 0.2) is 93.4 Å². The zero-order valence-corrected chi connectivity index (χ0v) is 38.5. The van der Waals surface area contributed by atoms with E-state index in [1.165, 1.54) is 6.34 Å². The SMILES string of the molecule is C#C[C@H]1[C@H](OP(OCCC#N)N(C(C)C)C(C)C)[C@@H](COC(c2ccccc2)(c2ccc(OC)cc2)c2ccc(OC)cc2)O[C@H]1n1c(Br)nc2c(=O)[nH]c(/N=C/N(C)C)nc21. The van der Waals surface area contributed by atoms with Gasteiger partial charge in [0.15, 0.2) is 22.1 Å². The van der Waals surface area contributed by atoms with Crippen molar-refractivity contribution in [3.05, 3.63) is 111 Å².